The van der Waals surface area contributed by atoms with Crippen molar-refractivity contribution in [2.45, 2.75) is 19.1 Å². The van der Waals surface area contributed by atoms with Crippen LogP contribution in [0.1, 0.15) is 5.56 Å². The molecule has 0 aliphatic rings. The minimum atomic E-state index is -4.54. The molecule has 0 atom stereocenters. The standard InChI is InChI=1S/C15H13F4NO2/c16-14(17)15(18,19)22-11-5-3-4-10(8-11)9-20-12-6-1-2-7-13(12)21/h1-8,14,20-21H,9H2. The molecule has 2 aromatic rings. The molecule has 0 aromatic heterocycles. The van der Waals surface area contributed by atoms with E-state index in [0.29, 0.717) is 11.3 Å². The summed E-state index contributed by atoms with van der Waals surface area (Å²) in [6.07, 6.45) is -8.44. The van der Waals surface area contributed by atoms with E-state index in [4.69, 9.17) is 0 Å². The summed E-state index contributed by atoms with van der Waals surface area (Å²) in [5.74, 6) is -0.318. The van der Waals surface area contributed by atoms with E-state index < -0.39 is 12.5 Å². The van der Waals surface area contributed by atoms with Crippen LogP contribution >= 0.6 is 0 Å². The van der Waals surface area contributed by atoms with Gasteiger partial charge in [-0.1, -0.05) is 24.3 Å². The molecule has 7 heteroatoms. The Labute approximate surface area is 124 Å². The smallest absolute Gasteiger partial charge is 0.461 e. The number of phenols is 1. The first-order valence-corrected chi connectivity index (χ1v) is 6.34. The number of hydrogen-bond acceptors (Lipinski definition) is 3. The van der Waals surface area contributed by atoms with Crippen LogP contribution in [-0.4, -0.2) is 17.6 Å². The Kier molecular flexibility index (Phi) is 4.75. The van der Waals surface area contributed by atoms with Crippen LogP contribution < -0.4 is 10.1 Å². The molecule has 22 heavy (non-hydrogen) atoms. The summed E-state index contributed by atoms with van der Waals surface area (Å²) in [5.41, 5.74) is 0.998. The van der Waals surface area contributed by atoms with Crippen LogP contribution in [-0.2, 0) is 6.54 Å². The van der Waals surface area contributed by atoms with Gasteiger partial charge in [-0.25, -0.2) is 0 Å². The molecule has 0 spiro atoms. The lowest BCUT2D eigenvalue weighted by molar-refractivity contribution is -0.253. The van der Waals surface area contributed by atoms with Crippen LogP contribution in [0.5, 0.6) is 11.5 Å². The number of benzene rings is 2. The summed E-state index contributed by atoms with van der Waals surface area (Å²) in [5, 5.41) is 12.5. The van der Waals surface area contributed by atoms with Gasteiger partial charge in [0.15, 0.2) is 0 Å². The number of para-hydroxylation sites is 2. The van der Waals surface area contributed by atoms with Crippen LogP contribution in [0.4, 0.5) is 23.2 Å². The van der Waals surface area contributed by atoms with Gasteiger partial charge >= 0.3 is 12.5 Å². The zero-order chi connectivity index (χ0) is 16.2. The van der Waals surface area contributed by atoms with Crippen molar-refractivity contribution in [3.8, 4) is 11.5 Å². The van der Waals surface area contributed by atoms with Crippen molar-refractivity contribution in [3.05, 3.63) is 54.1 Å². The molecule has 0 fully saturated rings. The first-order chi connectivity index (χ1) is 10.4. The molecule has 118 valence electrons. The van der Waals surface area contributed by atoms with Crippen LogP contribution in [0.2, 0.25) is 0 Å². The zero-order valence-corrected chi connectivity index (χ0v) is 11.3. The molecule has 2 N–H and O–H groups in total. The molecular weight excluding hydrogens is 302 g/mol. The number of ether oxygens (including phenoxy) is 1. The second-order valence-corrected chi connectivity index (χ2v) is 4.48. The molecule has 0 radical (unpaired) electrons. The number of phenolic OH excluding ortho intramolecular Hbond substituents is 1. The second kappa shape index (κ2) is 6.55. The van der Waals surface area contributed by atoms with Gasteiger partial charge < -0.3 is 15.2 Å². The topological polar surface area (TPSA) is 41.5 Å². The van der Waals surface area contributed by atoms with Gasteiger partial charge in [0.05, 0.1) is 5.69 Å². The second-order valence-electron chi connectivity index (χ2n) is 4.48. The first-order valence-electron chi connectivity index (χ1n) is 6.34. The molecule has 0 aliphatic carbocycles. The maximum atomic E-state index is 12.8. The summed E-state index contributed by atoms with van der Waals surface area (Å²) in [4.78, 5) is 0. The maximum absolute atomic E-state index is 12.8. The molecule has 0 saturated heterocycles. The van der Waals surface area contributed by atoms with Crippen molar-refractivity contribution in [2.75, 3.05) is 5.32 Å². The highest BCUT2D eigenvalue weighted by atomic mass is 19.3. The van der Waals surface area contributed by atoms with Gasteiger partial charge in [-0.05, 0) is 29.8 Å². The Morgan fingerprint density at radius 1 is 1.09 bits per heavy atom. The van der Waals surface area contributed by atoms with Gasteiger partial charge in [-0.2, -0.15) is 17.6 Å². The number of alkyl halides is 4. The molecule has 3 nitrogen and oxygen atoms in total. The number of halogens is 4. The van der Waals surface area contributed by atoms with E-state index in [1.807, 2.05) is 0 Å². The lowest BCUT2D eigenvalue weighted by Crippen LogP contribution is -2.33. The molecule has 0 bridgehead atoms. The molecule has 2 aromatic carbocycles. The van der Waals surface area contributed by atoms with Crippen LogP contribution in [0, 0.1) is 0 Å². The maximum Gasteiger partial charge on any atom is 0.461 e. The average molecular weight is 315 g/mol. The fourth-order valence-electron chi connectivity index (χ4n) is 1.74. The SMILES string of the molecule is Oc1ccccc1NCc1cccc(OC(F)(F)C(F)F)c1. The normalized spacial score (nSPS) is 11.5. The molecular formula is C15H13F4NO2. The van der Waals surface area contributed by atoms with Crippen molar-refractivity contribution in [2.24, 2.45) is 0 Å². The number of rotatable bonds is 6. The first kappa shape index (κ1) is 15.9. The van der Waals surface area contributed by atoms with Crippen molar-refractivity contribution in [1.29, 1.82) is 0 Å². The third-order valence-corrected chi connectivity index (χ3v) is 2.79. The largest absolute Gasteiger partial charge is 0.506 e. The third kappa shape index (κ3) is 4.03. The number of hydrogen-bond donors (Lipinski definition) is 2. The van der Waals surface area contributed by atoms with Crippen LogP contribution in [0.3, 0.4) is 0 Å². The molecule has 0 unspecified atom stereocenters. The fraction of sp³-hybridized carbons (Fsp3) is 0.200. The number of nitrogens with one attached hydrogen (secondary N) is 1. The van der Waals surface area contributed by atoms with Crippen LogP contribution in [0.15, 0.2) is 48.5 Å². The highest BCUT2D eigenvalue weighted by Crippen LogP contribution is 2.28. The van der Waals surface area contributed by atoms with E-state index in [0.717, 1.165) is 0 Å². The van der Waals surface area contributed by atoms with E-state index in [-0.39, 0.29) is 18.0 Å². The van der Waals surface area contributed by atoms with Crippen molar-refractivity contribution >= 4 is 5.69 Å². The predicted molar refractivity (Wildman–Crippen MR) is 73.5 cm³/mol. The average Bonchev–Trinajstić information content (AvgIpc) is 2.46. The Balaban J connectivity index is 2.04. The van der Waals surface area contributed by atoms with Gasteiger partial charge in [0.2, 0.25) is 0 Å². The zero-order valence-electron chi connectivity index (χ0n) is 11.3. The minimum absolute atomic E-state index is 0.0409. The monoisotopic (exact) mass is 315 g/mol. The lowest BCUT2D eigenvalue weighted by atomic mass is 10.2. The predicted octanol–water partition coefficient (Wildman–Crippen LogP) is 4.24. The Hall–Kier alpha value is -2.44. The van der Waals surface area contributed by atoms with E-state index >= 15 is 0 Å². The van der Waals surface area contributed by atoms with E-state index in [2.05, 4.69) is 10.1 Å². The fourth-order valence-corrected chi connectivity index (χ4v) is 1.74. The van der Waals surface area contributed by atoms with E-state index in [9.17, 15) is 22.7 Å². The summed E-state index contributed by atoms with van der Waals surface area (Å²) in [7, 11) is 0. The van der Waals surface area contributed by atoms with Gasteiger partial charge in [0.1, 0.15) is 11.5 Å². The molecule has 2 rings (SSSR count). The minimum Gasteiger partial charge on any atom is -0.506 e. The number of aromatic hydroxyl groups is 1. The Bertz CT molecular complexity index is 634. The summed E-state index contributed by atoms with van der Waals surface area (Å²) in [6, 6.07) is 11.9. The lowest BCUT2D eigenvalue weighted by Gasteiger charge is -2.17. The molecule has 0 amide bonds. The highest BCUT2D eigenvalue weighted by Gasteiger charge is 2.43. The molecule has 0 saturated carbocycles. The van der Waals surface area contributed by atoms with Gasteiger partial charge in [-0.15, -0.1) is 0 Å². The molecule has 0 heterocycles. The number of anilines is 1. The summed E-state index contributed by atoms with van der Waals surface area (Å²) in [6.45, 7) is 0.203. The van der Waals surface area contributed by atoms with Gasteiger partial charge in [0.25, 0.3) is 0 Å². The van der Waals surface area contributed by atoms with Gasteiger partial charge in [-0.3, -0.25) is 0 Å². The van der Waals surface area contributed by atoms with Crippen molar-refractivity contribution in [3.63, 3.8) is 0 Å². The van der Waals surface area contributed by atoms with E-state index in [1.54, 1.807) is 24.3 Å². The van der Waals surface area contributed by atoms with Crippen LogP contribution in [0.25, 0.3) is 0 Å². The molecule has 0 aliphatic heterocycles. The van der Waals surface area contributed by atoms with Gasteiger partial charge in [0, 0.05) is 6.54 Å². The summed E-state index contributed by atoms with van der Waals surface area (Å²) < 4.78 is 53.9. The van der Waals surface area contributed by atoms with Crippen molar-refractivity contribution < 1.29 is 27.4 Å². The Morgan fingerprint density at radius 3 is 2.50 bits per heavy atom. The highest BCUT2D eigenvalue weighted by molar-refractivity contribution is 5.55. The summed E-state index contributed by atoms with van der Waals surface area (Å²) >= 11 is 0. The van der Waals surface area contributed by atoms with E-state index in [1.165, 1.54) is 24.3 Å². The van der Waals surface area contributed by atoms with Crippen molar-refractivity contribution in [1.82, 2.24) is 0 Å². The third-order valence-electron chi connectivity index (χ3n) is 2.79. The quantitative estimate of drug-likeness (QED) is 0.619. The Morgan fingerprint density at radius 2 is 1.82 bits per heavy atom.